The van der Waals surface area contributed by atoms with Gasteiger partial charge in [-0.15, -0.1) is 0 Å². The topological polar surface area (TPSA) is 134 Å². The highest BCUT2D eigenvalue weighted by atomic mass is 16.5. The van der Waals surface area contributed by atoms with Crippen LogP contribution >= 0.6 is 0 Å². The zero-order chi connectivity index (χ0) is 27.1. The third-order valence-electron chi connectivity index (χ3n) is 6.50. The fourth-order valence-electron chi connectivity index (χ4n) is 4.81. The number of ether oxygens (including phenoxy) is 5. The number of rotatable bonds is 6. The Bertz CT molecular complexity index is 1640. The van der Waals surface area contributed by atoms with Gasteiger partial charge in [-0.05, 0) is 24.3 Å². The number of carbonyl (C=O) groups is 1. The van der Waals surface area contributed by atoms with E-state index in [0.717, 1.165) is 0 Å². The summed E-state index contributed by atoms with van der Waals surface area (Å²) >= 11 is 0. The van der Waals surface area contributed by atoms with Gasteiger partial charge >= 0.3 is 5.97 Å². The van der Waals surface area contributed by atoms with Crippen molar-refractivity contribution < 1.29 is 43.1 Å². The van der Waals surface area contributed by atoms with Gasteiger partial charge in [0.25, 0.3) is 0 Å². The van der Waals surface area contributed by atoms with E-state index in [0.29, 0.717) is 33.9 Å². The summed E-state index contributed by atoms with van der Waals surface area (Å²) in [5.74, 6) is -0.270. The normalized spacial score (nSPS) is 14.5. The number of esters is 1. The summed E-state index contributed by atoms with van der Waals surface area (Å²) in [4.78, 5) is 25.9. The number of hydrogen-bond donors (Lipinski definition) is 2. The number of fused-ring (bicyclic) bond motifs is 3. The molecule has 1 atom stereocenters. The molecule has 38 heavy (non-hydrogen) atoms. The van der Waals surface area contributed by atoms with Gasteiger partial charge in [0, 0.05) is 34.7 Å². The molecule has 0 saturated heterocycles. The van der Waals surface area contributed by atoms with Crippen LogP contribution in [0.5, 0.6) is 40.2 Å². The number of phenols is 2. The van der Waals surface area contributed by atoms with Crippen LogP contribution < -0.4 is 29.1 Å². The second kappa shape index (κ2) is 9.55. The Hall–Kier alpha value is -4.86. The van der Waals surface area contributed by atoms with Gasteiger partial charge in [0.05, 0.1) is 34.9 Å². The van der Waals surface area contributed by atoms with Gasteiger partial charge in [0.2, 0.25) is 5.75 Å². The van der Waals surface area contributed by atoms with Crippen LogP contribution in [0.25, 0.3) is 22.3 Å². The van der Waals surface area contributed by atoms with Gasteiger partial charge in [0.15, 0.2) is 28.4 Å². The molecule has 0 saturated carbocycles. The van der Waals surface area contributed by atoms with E-state index in [1.54, 1.807) is 18.2 Å². The van der Waals surface area contributed by atoms with Crippen molar-refractivity contribution in [1.29, 1.82) is 0 Å². The fourth-order valence-corrected chi connectivity index (χ4v) is 4.81. The van der Waals surface area contributed by atoms with E-state index in [9.17, 15) is 19.8 Å². The molecule has 1 aliphatic rings. The Balaban J connectivity index is 1.81. The highest BCUT2D eigenvalue weighted by molar-refractivity contribution is 5.93. The average molecular weight is 520 g/mol. The van der Waals surface area contributed by atoms with Crippen molar-refractivity contribution in [3.05, 3.63) is 63.8 Å². The molecule has 0 fully saturated rings. The van der Waals surface area contributed by atoms with Crippen LogP contribution in [-0.2, 0) is 4.79 Å². The van der Waals surface area contributed by atoms with Gasteiger partial charge in [-0.25, -0.2) is 0 Å². The molecule has 0 amide bonds. The molecule has 1 aromatic heterocycles. The number of benzene rings is 3. The van der Waals surface area contributed by atoms with Crippen molar-refractivity contribution in [2.24, 2.45) is 0 Å². The number of carbonyl (C=O) groups excluding carboxylic acids is 1. The summed E-state index contributed by atoms with van der Waals surface area (Å²) in [5.41, 5.74) is 0.844. The van der Waals surface area contributed by atoms with Crippen LogP contribution in [0.1, 0.15) is 23.5 Å². The number of methoxy groups -OCH3 is 4. The van der Waals surface area contributed by atoms with E-state index < -0.39 is 23.1 Å². The van der Waals surface area contributed by atoms with Crippen LogP contribution in [0.4, 0.5) is 0 Å². The molecule has 1 aliphatic heterocycles. The highest BCUT2D eigenvalue weighted by Crippen LogP contribution is 2.51. The third kappa shape index (κ3) is 3.90. The summed E-state index contributed by atoms with van der Waals surface area (Å²) in [7, 11) is 5.85. The Morgan fingerprint density at radius 1 is 0.816 bits per heavy atom. The zero-order valence-electron chi connectivity index (χ0n) is 21.0. The second-order valence-corrected chi connectivity index (χ2v) is 8.53. The quantitative estimate of drug-likeness (QED) is 0.279. The first kappa shape index (κ1) is 24.8. The molecular weight excluding hydrogens is 496 g/mol. The van der Waals surface area contributed by atoms with Gasteiger partial charge < -0.3 is 38.3 Å². The Morgan fingerprint density at radius 2 is 1.53 bits per heavy atom. The molecule has 2 N–H and O–H groups in total. The number of aromatic hydroxyl groups is 2. The summed E-state index contributed by atoms with van der Waals surface area (Å²) in [6.07, 6.45) is -0.101. The average Bonchev–Trinajstić information content (AvgIpc) is 2.90. The first-order valence-electron chi connectivity index (χ1n) is 11.5. The molecule has 10 nitrogen and oxygen atoms in total. The lowest BCUT2D eigenvalue weighted by atomic mass is 9.84. The zero-order valence-corrected chi connectivity index (χ0v) is 21.0. The van der Waals surface area contributed by atoms with Gasteiger partial charge in [-0.3, -0.25) is 9.59 Å². The second-order valence-electron chi connectivity index (χ2n) is 8.53. The van der Waals surface area contributed by atoms with Gasteiger partial charge in [-0.1, -0.05) is 6.07 Å². The van der Waals surface area contributed by atoms with Crippen molar-refractivity contribution in [1.82, 2.24) is 0 Å². The van der Waals surface area contributed by atoms with Crippen molar-refractivity contribution in [2.45, 2.75) is 12.3 Å². The van der Waals surface area contributed by atoms with E-state index in [4.69, 9.17) is 28.1 Å². The minimum atomic E-state index is -0.688. The molecular formula is C28H24O10. The predicted octanol–water partition coefficient (Wildman–Crippen LogP) is 4.35. The van der Waals surface area contributed by atoms with Crippen LogP contribution in [0.2, 0.25) is 0 Å². The van der Waals surface area contributed by atoms with Crippen molar-refractivity contribution in [2.75, 3.05) is 28.4 Å². The molecule has 5 rings (SSSR count). The first-order chi connectivity index (χ1) is 18.3. The molecule has 196 valence electrons. The van der Waals surface area contributed by atoms with E-state index >= 15 is 0 Å². The lowest BCUT2D eigenvalue weighted by Crippen LogP contribution is -2.22. The SMILES string of the molecule is COc1ccc(-c2cc(=O)c3c(O)cc4c(c3o2)C(c2ccc(OC)c(OC)c2OC)CC(=O)O4)cc1O. The smallest absolute Gasteiger partial charge is 0.312 e. The molecule has 0 bridgehead atoms. The third-order valence-corrected chi connectivity index (χ3v) is 6.50. The highest BCUT2D eigenvalue weighted by Gasteiger charge is 2.36. The fraction of sp³-hybridized carbons (Fsp3) is 0.214. The molecule has 0 aliphatic carbocycles. The van der Waals surface area contributed by atoms with Crippen molar-refractivity contribution >= 4 is 16.9 Å². The maximum Gasteiger partial charge on any atom is 0.312 e. The number of hydrogen-bond acceptors (Lipinski definition) is 10. The molecule has 0 radical (unpaired) electrons. The molecule has 4 aromatic rings. The van der Waals surface area contributed by atoms with E-state index in [1.165, 1.54) is 52.7 Å². The van der Waals surface area contributed by atoms with Crippen LogP contribution in [0.3, 0.4) is 0 Å². The van der Waals surface area contributed by atoms with E-state index in [1.807, 2.05) is 0 Å². The van der Waals surface area contributed by atoms with Crippen molar-refractivity contribution in [3.63, 3.8) is 0 Å². The van der Waals surface area contributed by atoms with E-state index in [-0.39, 0.29) is 40.4 Å². The molecule has 1 unspecified atom stereocenters. The summed E-state index contributed by atoms with van der Waals surface area (Å²) in [6.45, 7) is 0. The maximum absolute atomic E-state index is 13.2. The maximum atomic E-state index is 13.2. The summed E-state index contributed by atoms with van der Waals surface area (Å²) in [6, 6.07) is 10.4. The largest absolute Gasteiger partial charge is 0.507 e. The van der Waals surface area contributed by atoms with Crippen LogP contribution in [0.15, 0.2) is 51.7 Å². The molecule has 10 heteroatoms. The van der Waals surface area contributed by atoms with Crippen molar-refractivity contribution in [3.8, 4) is 51.6 Å². The first-order valence-corrected chi connectivity index (χ1v) is 11.5. The summed E-state index contributed by atoms with van der Waals surface area (Å²) < 4.78 is 33.3. The molecule has 2 heterocycles. The van der Waals surface area contributed by atoms with E-state index in [2.05, 4.69) is 0 Å². The standard InChI is InChI=1S/C28H24O10/c1-33-19-7-5-13(9-16(19)29)21-11-17(30)25-18(31)12-22-24(28(25)38-21)15(10-23(32)37-22)14-6-8-20(34-2)27(36-4)26(14)35-3/h5-9,11-12,15,29,31H,10H2,1-4H3. The number of phenolic OH excluding ortho intramolecular Hbond substituents is 2. The van der Waals surface area contributed by atoms with Gasteiger partial charge in [-0.2, -0.15) is 0 Å². The van der Waals surface area contributed by atoms with Crippen LogP contribution in [0, 0.1) is 0 Å². The Morgan fingerprint density at radius 3 is 2.18 bits per heavy atom. The van der Waals surface area contributed by atoms with Gasteiger partial charge in [0.1, 0.15) is 28.2 Å². The van der Waals surface area contributed by atoms with Crippen LogP contribution in [-0.4, -0.2) is 44.6 Å². The Labute approximate surface area is 216 Å². The Kier molecular flexibility index (Phi) is 6.23. The lowest BCUT2D eigenvalue weighted by molar-refractivity contribution is -0.135. The lowest BCUT2D eigenvalue weighted by Gasteiger charge is -2.28. The molecule has 3 aromatic carbocycles. The minimum absolute atomic E-state index is 0.0344. The predicted molar refractivity (Wildman–Crippen MR) is 136 cm³/mol. The monoisotopic (exact) mass is 520 g/mol. The molecule has 0 spiro atoms. The summed E-state index contributed by atoms with van der Waals surface area (Å²) in [5, 5.41) is 20.9. The minimum Gasteiger partial charge on any atom is -0.507 e.